The van der Waals surface area contributed by atoms with Crippen molar-refractivity contribution in [2.45, 2.75) is 19.8 Å². The van der Waals surface area contributed by atoms with Gasteiger partial charge in [-0.25, -0.2) is 5.01 Å². The Hall–Kier alpha value is -2.25. The highest BCUT2D eigenvalue weighted by atomic mass is 16.5. The minimum Gasteiger partial charge on any atom is -0.480 e. The van der Waals surface area contributed by atoms with Crippen LogP contribution in [0.15, 0.2) is 9.62 Å². The van der Waals surface area contributed by atoms with Gasteiger partial charge in [0.05, 0.1) is 0 Å². The van der Waals surface area contributed by atoms with Gasteiger partial charge in [-0.15, -0.1) is 0 Å². The number of aliphatic carboxylic acids is 1. The van der Waals surface area contributed by atoms with E-state index in [-0.39, 0.29) is 18.2 Å². The molecule has 0 atom stereocenters. The van der Waals surface area contributed by atoms with Crippen molar-refractivity contribution < 1.29 is 19.2 Å². The standard InChI is InChI=1S/C9H10N4O4/c1-5-10-9(17-12-5)6-2-3-7(14)13(11-6)4-8(15)16/h2-4H2,1H3,(H,15,16). The van der Waals surface area contributed by atoms with Crippen molar-refractivity contribution in [3.63, 3.8) is 0 Å². The molecule has 0 unspecified atom stereocenters. The Labute approximate surface area is 95.9 Å². The molecule has 0 bridgehead atoms. The molecule has 1 N–H and O–H groups in total. The number of amides is 1. The molecule has 1 amide bonds. The maximum absolute atomic E-state index is 11.4. The molecule has 0 aromatic carbocycles. The van der Waals surface area contributed by atoms with Crippen molar-refractivity contribution >= 4 is 17.6 Å². The topological polar surface area (TPSA) is 109 Å². The highest BCUT2D eigenvalue weighted by Crippen LogP contribution is 2.13. The molecular weight excluding hydrogens is 228 g/mol. The van der Waals surface area contributed by atoms with E-state index in [2.05, 4.69) is 15.2 Å². The largest absolute Gasteiger partial charge is 0.480 e. The molecule has 2 heterocycles. The van der Waals surface area contributed by atoms with Gasteiger partial charge in [0, 0.05) is 12.8 Å². The van der Waals surface area contributed by atoms with Crippen molar-refractivity contribution in [1.82, 2.24) is 15.1 Å². The van der Waals surface area contributed by atoms with Crippen LogP contribution >= 0.6 is 0 Å². The maximum Gasteiger partial charge on any atom is 0.325 e. The van der Waals surface area contributed by atoms with Gasteiger partial charge < -0.3 is 9.63 Å². The first-order valence-corrected chi connectivity index (χ1v) is 4.96. The fourth-order valence-electron chi connectivity index (χ4n) is 1.42. The van der Waals surface area contributed by atoms with Crippen LogP contribution < -0.4 is 0 Å². The van der Waals surface area contributed by atoms with Crippen molar-refractivity contribution in [3.05, 3.63) is 11.7 Å². The average molecular weight is 238 g/mol. The molecule has 0 fully saturated rings. The van der Waals surface area contributed by atoms with E-state index >= 15 is 0 Å². The van der Waals surface area contributed by atoms with E-state index in [4.69, 9.17) is 9.63 Å². The van der Waals surface area contributed by atoms with Crippen LogP contribution in [0.3, 0.4) is 0 Å². The molecule has 0 aliphatic carbocycles. The second-order valence-corrected chi connectivity index (χ2v) is 3.54. The number of aromatic nitrogens is 2. The first kappa shape index (κ1) is 11.2. The number of carboxylic acids is 1. The second-order valence-electron chi connectivity index (χ2n) is 3.54. The SMILES string of the molecule is Cc1noc(C2=NN(CC(=O)O)C(=O)CC2)n1. The quantitative estimate of drug-likeness (QED) is 0.780. The summed E-state index contributed by atoms with van der Waals surface area (Å²) in [5.74, 6) is -0.757. The van der Waals surface area contributed by atoms with E-state index in [0.717, 1.165) is 5.01 Å². The third kappa shape index (κ3) is 2.47. The van der Waals surface area contributed by atoms with E-state index < -0.39 is 12.5 Å². The van der Waals surface area contributed by atoms with Crippen LogP contribution in [0.4, 0.5) is 0 Å². The fraction of sp³-hybridized carbons (Fsp3) is 0.444. The summed E-state index contributed by atoms with van der Waals surface area (Å²) in [7, 11) is 0. The van der Waals surface area contributed by atoms with Crippen LogP contribution in [-0.2, 0) is 9.59 Å². The Balaban J connectivity index is 2.23. The van der Waals surface area contributed by atoms with E-state index in [0.29, 0.717) is 18.0 Å². The Morgan fingerprint density at radius 2 is 2.29 bits per heavy atom. The lowest BCUT2D eigenvalue weighted by molar-refractivity contribution is -0.144. The number of rotatable bonds is 3. The molecule has 8 nitrogen and oxygen atoms in total. The van der Waals surface area contributed by atoms with Crippen LogP contribution in [0.25, 0.3) is 0 Å². The third-order valence-corrected chi connectivity index (χ3v) is 2.16. The summed E-state index contributed by atoms with van der Waals surface area (Å²) >= 11 is 0. The van der Waals surface area contributed by atoms with Gasteiger partial charge in [-0.2, -0.15) is 10.1 Å². The van der Waals surface area contributed by atoms with E-state index in [1.807, 2.05) is 0 Å². The van der Waals surface area contributed by atoms with Gasteiger partial charge in [0.15, 0.2) is 5.82 Å². The predicted octanol–water partition coefficient (Wildman–Crippen LogP) is -0.211. The van der Waals surface area contributed by atoms with E-state index in [1.54, 1.807) is 6.92 Å². The number of hydrazone groups is 1. The monoisotopic (exact) mass is 238 g/mol. The van der Waals surface area contributed by atoms with Gasteiger partial charge in [0.2, 0.25) is 5.91 Å². The summed E-state index contributed by atoms with van der Waals surface area (Å²) in [5.41, 5.74) is 0.437. The van der Waals surface area contributed by atoms with Crippen molar-refractivity contribution in [3.8, 4) is 0 Å². The van der Waals surface area contributed by atoms with Gasteiger partial charge >= 0.3 is 5.97 Å². The molecule has 0 saturated carbocycles. The number of hydrogen-bond acceptors (Lipinski definition) is 6. The van der Waals surface area contributed by atoms with E-state index in [1.165, 1.54) is 0 Å². The summed E-state index contributed by atoms with van der Waals surface area (Å²) < 4.78 is 4.92. The van der Waals surface area contributed by atoms with Crippen LogP contribution in [0, 0.1) is 6.92 Å². The molecule has 90 valence electrons. The molecule has 1 aliphatic rings. The molecule has 0 radical (unpaired) electrons. The molecule has 1 aliphatic heterocycles. The van der Waals surface area contributed by atoms with Crippen LogP contribution in [-0.4, -0.2) is 44.4 Å². The second kappa shape index (κ2) is 4.32. The molecule has 8 heteroatoms. The summed E-state index contributed by atoms with van der Waals surface area (Å²) in [5, 5.41) is 17.1. The Kier molecular flexibility index (Phi) is 2.86. The molecule has 0 saturated heterocycles. The first-order chi connectivity index (χ1) is 8.06. The minimum atomic E-state index is -1.12. The fourth-order valence-corrected chi connectivity index (χ4v) is 1.42. The average Bonchev–Trinajstić information content (AvgIpc) is 2.67. The van der Waals surface area contributed by atoms with Gasteiger partial charge in [-0.1, -0.05) is 5.16 Å². The van der Waals surface area contributed by atoms with Crippen LogP contribution in [0.2, 0.25) is 0 Å². The smallest absolute Gasteiger partial charge is 0.325 e. The number of carbonyl (C=O) groups is 2. The maximum atomic E-state index is 11.4. The third-order valence-electron chi connectivity index (χ3n) is 2.16. The normalized spacial score (nSPS) is 15.9. The summed E-state index contributed by atoms with van der Waals surface area (Å²) in [6, 6.07) is 0. The number of aryl methyl sites for hydroxylation is 1. The van der Waals surface area contributed by atoms with Gasteiger partial charge in [0.25, 0.3) is 5.89 Å². The van der Waals surface area contributed by atoms with Gasteiger partial charge in [-0.05, 0) is 6.92 Å². The highest BCUT2D eigenvalue weighted by molar-refractivity contribution is 6.01. The minimum absolute atomic E-state index is 0.188. The zero-order valence-electron chi connectivity index (χ0n) is 9.08. The lowest BCUT2D eigenvalue weighted by Crippen LogP contribution is -2.35. The highest BCUT2D eigenvalue weighted by Gasteiger charge is 2.25. The number of hydrogen-bond donors (Lipinski definition) is 1. The summed E-state index contributed by atoms with van der Waals surface area (Å²) in [6.45, 7) is 1.20. The molecule has 2 rings (SSSR count). The molecular formula is C9H10N4O4. The summed E-state index contributed by atoms with van der Waals surface area (Å²) in [6.07, 6.45) is 0.560. The first-order valence-electron chi connectivity index (χ1n) is 4.96. The lowest BCUT2D eigenvalue weighted by atomic mass is 10.1. The van der Waals surface area contributed by atoms with Gasteiger partial charge in [0.1, 0.15) is 12.3 Å². The Bertz CT molecular complexity index is 493. The van der Waals surface area contributed by atoms with E-state index in [9.17, 15) is 9.59 Å². The molecule has 1 aromatic heterocycles. The Morgan fingerprint density at radius 3 is 2.88 bits per heavy atom. The predicted molar refractivity (Wildman–Crippen MR) is 54.2 cm³/mol. The molecule has 0 spiro atoms. The van der Waals surface area contributed by atoms with Crippen molar-refractivity contribution in [1.29, 1.82) is 0 Å². The molecule has 1 aromatic rings. The van der Waals surface area contributed by atoms with Crippen LogP contribution in [0.5, 0.6) is 0 Å². The number of carboxylic acid groups (broad SMARTS) is 1. The van der Waals surface area contributed by atoms with Crippen molar-refractivity contribution in [2.75, 3.05) is 6.54 Å². The summed E-state index contributed by atoms with van der Waals surface area (Å²) in [4.78, 5) is 25.9. The zero-order chi connectivity index (χ0) is 12.4. The zero-order valence-corrected chi connectivity index (χ0v) is 9.08. The number of carbonyl (C=O) groups excluding carboxylic acids is 1. The molecule has 17 heavy (non-hydrogen) atoms. The Morgan fingerprint density at radius 1 is 1.53 bits per heavy atom. The van der Waals surface area contributed by atoms with Crippen LogP contribution in [0.1, 0.15) is 24.6 Å². The lowest BCUT2D eigenvalue weighted by Gasteiger charge is -2.20. The van der Waals surface area contributed by atoms with Gasteiger partial charge in [-0.3, -0.25) is 9.59 Å². The number of nitrogens with zero attached hydrogens (tertiary/aromatic N) is 4. The van der Waals surface area contributed by atoms with Crippen molar-refractivity contribution in [2.24, 2.45) is 5.10 Å².